The normalized spacial score (nSPS) is 11.3. The number of anilines is 1. The number of pyridine rings is 1. The van der Waals surface area contributed by atoms with Crippen molar-refractivity contribution < 1.29 is 27.8 Å². The molecule has 180 valence electrons. The third-order valence-corrected chi connectivity index (χ3v) is 4.96. The molecule has 9 nitrogen and oxygen atoms in total. The molecule has 1 aromatic carbocycles. The molecule has 3 heterocycles. The number of nitrogens with zero attached hydrogens (tertiary/aromatic N) is 4. The van der Waals surface area contributed by atoms with E-state index in [1.165, 1.54) is 0 Å². The highest BCUT2D eigenvalue weighted by atomic mass is 19.4. The monoisotopic (exact) mass is 484 g/mol. The summed E-state index contributed by atoms with van der Waals surface area (Å²) in [7, 11) is 0. The van der Waals surface area contributed by atoms with Gasteiger partial charge in [0.15, 0.2) is 5.69 Å². The van der Waals surface area contributed by atoms with E-state index in [4.69, 9.17) is 9.84 Å². The molecular formula is C23H19F3N6O3. The Bertz CT molecular complexity index is 1340. The number of carbonyl (C=O) groups excluding carboxylic acids is 1. The van der Waals surface area contributed by atoms with Crippen LogP contribution in [0.3, 0.4) is 0 Å². The van der Waals surface area contributed by atoms with E-state index in [0.29, 0.717) is 34.8 Å². The van der Waals surface area contributed by atoms with Gasteiger partial charge in [-0.3, -0.25) is 9.89 Å². The van der Waals surface area contributed by atoms with Gasteiger partial charge < -0.3 is 15.2 Å². The van der Waals surface area contributed by atoms with Gasteiger partial charge in [-0.05, 0) is 47.9 Å². The Hall–Kier alpha value is -4.32. The molecule has 0 radical (unpaired) electrons. The number of carbonyl (C=O) groups is 1. The first-order valence-corrected chi connectivity index (χ1v) is 10.3. The molecule has 0 unspecified atom stereocenters. The molecular weight excluding hydrogens is 465 g/mol. The number of hydrogen-bond acceptors (Lipinski definition) is 7. The number of rotatable bonds is 7. The lowest BCUT2D eigenvalue weighted by Gasteiger charge is -2.13. The molecule has 0 aliphatic rings. The van der Waals surface area contributed by atoms with Gasteiger partial charge >= 0.3 is 6.18 Å². The lowest BCUT2D eigenvalue weighted by molar-refractivity contribution is -0.137. The van der Waals surface area contributed by atoms with Gasteiger partial charge in [-0.15, -0.1) is 5.10 Å². The van der Waals surface area contributed by atoms with Gasteiger partial charge in [0.1, 0.15) is 6.61 Å². The number of amides is 1. The van der Waals surface area contributed by atoms with Gasteiger partial charge in [0.2, 0.25) is 5.88 Å². The smallest absolute Gasteiger partial charge is 0.418 e. The number of H-pyrrole nitrogens is 1. The Morgan fingerprint density at radius 2 is 1.97 bits per heavy atom. The summed E-state index contributed by atoms with van der Waals surface area (Å²) in [6.45, 7) is 1.73. The lowest BCUT2D eigenvalue weighted by Crippen LogP contribution is -2.16. The van der Waals surface area contributed by atoms with Crippen molar-refractivity contribution in [2.75, 3.05) is 18.5 Å². The van der Waals surface area contributed by atoms with Crippen LogP contribution in [0.4, 0.5) is 18.9 Å². The molecule has 0 atom stereocenters. The van der Waals surface area contributed by atoms with Crippen molar-refractivity contribution in [3.05, 3.63) is 71.8 Å². The van der Waals surface area contributed by atoms with Crippen LogP contribution in [0, 0.1) is 6.92 Å². The van der Waals surface area contributed by atoms with E-state index in [0.717, 1.165) is 11.1 Å². The summed E-state index contributed by atoms with van der Waals surface area (Å²) in [5, 5.41) is 25.1. The first-order valence-electron chi connectivity index (χ1n) is 10.3. The van der Waals surface area contributed by atoms with Gasteiger partial charge in [-0.1, -0.05) is 6.07 Å². The summed E-state index contributed by atoms with van der Waals surface area (Å²) in [4.78, 5) is 17.0. The average Bonchev–Trinajstić information content (AvgIpc) is 3.38. The molecule has 0 aliphatic heterocycles. The maximum atomic E-state index is 13.0. The molecule has 4 rings (SSSR count). The molecule has 0 fully saturated rings. The topological polar surface area (TPSA) is 126 Å². The fourth-order valence-corrected chi connectivity index (χ4v) is 3.26. The standard InChI is InChI=1S/C23H19F3N6O3/c1-13-2-3-17(30-22(34)20-8-16(12-29-32-20)23(24,25)26)9-18(13)14-6-19(15-10-27-28-11-15)31-21(7-14)35-5-4-33/h2-3,6-12,33H,4-5H2,1H3,(H,27,28)(H,30,34). The second-order valence-electron chi connectivity index (χ2n) is 7.45. The molecule has 35 heavy (non-hydrogen) atoms. The van der Waals surface area contributed by atoms with Crippen LogP contribution in [0.1, 0.15) is 21.6 Å². The van der Waals surface area contributed by atoms with Crippen LogP contribution < -0.4 is 10.1 Å². The molecule has 0 bridgehead atoms. The second kappa shape index (κ2) is 9.89. The lowest BCUT2D eigenvalue weighted by atomic mass is 9.99. The van der Waals surface area contributed by atoms with Gasteiger partial charge in [-0.25, -0.2) is 4.98 Å². The third kappa shape index (κ3) is 5.61. The zero-order valence-electron chi connectivity index (χ0n) is 18.3. The van der Waals surface area contributed by atoms with Crippen LogP contribution in [0.15, 0.2) is 55.0 Å². The van der Waals surface area contributed by atoms with E-state index in [9.17, 15) is 18.0 Å². The van der Waals surface area contributed by atoms with E-state index >= 15 is 0 Å². The third-order valence-electron chi connectivity index (χ3n) is 4.96. The van der Waals surface area contributed by atoms with Crippen molar-refractivity contribution in [2.45, 2.75) is 13.1 Å². The zero-order valence-corrected chi connectivity index (χ0v) is 18.3. The fourth-order valence-electron chi connectivity index (χ4n) is 3.26. The predicted octanol–water partition coefficient (Wildman–Crippen LogP) is 3.88. The number of aliphatic hydroxyl groups excluding tert-OH is 1. The Kier molecular flexibility index (Phi) is 6.73. The molecule has 12 heteroatoms. The molecule has 1 amide bonds. The maximum Gasteiger partial charge on any atom is 0.418 e. The average molecular weight is 484 g/mol. The van der Waals surface area contributed by atoms with Crippen molar-refractivity contribution in [3.8, 4) is 28.3 Å². The number of halogens is 3. The first kappa shape index (κ1) is 23.8. The fraction of sp³-hybridized carbons (Fsp3) is 0.174. The summed E-state index contributed by atoms with van der Waals surface area (Å²) < 4.78 is 44.4. The minimum atomic E-state index is -4.65. The van der Waals surface area contributed by atoms with Crippen molar-refractivity contribution in [1.29, 1.82) is 0 Å². The van der Waals surface area contributed by atoms with E-state index < -0.39 is 23.3 Å². The molecule has 4 aromatic rings. The van der Waals surface area contributed by atoms with E-state index in [-0.39, 0.29) is 19.1 Å². The summed E-state index contributed by atoms with van der Waals surface area (Å²) >= 11 is 0. The number of aliphatic hydroxyl groups is 1. The van der Waals surface area contributed by atoms with Crippen LogP contribution in [0.25, 0.3) is 22.4 Å². The highest BCUT2D eigenvalue weighted by Crippen LogP contribution is 2.32. The summed E-state index contributed by atoms with van der Waals surface area (Å²) in [5.41, 5.74) is 2.38. The summed E-state index contributed by atoms with van der Waals surface area (Å²) in [5.74, 6) is -0.556. The van der Waals surface area contributed by atoms with Crippen molar-refractivity contribution in [2.24, 2.45) is 0 Å². The van der Waals surface area contributed by atoms with Gasteiger partial charge in [0.05, 0.1) is 30.3 Å². The minimum absolute atomic E-state index is 0.0500. The predicted molar refractivity (Wildman–Crippen MR) is 120 cm³/mol. The number of alkyl halides is 3. The number of aryl methyl sites for hydroxylation is 1. The molecule has 3 aromatic heterocycles. The van der Waals surface area contributed by atoms with Gasteiger partial charge in [0.25, 0.3) is 5.91 Å². The van der Waals surface area contributed by atoms with Crippen LogP contribution in [-0.2, 0) is 6.18 Å². The quantitative estimate of drug-likeness (QED) is 0.363. The largest absolute Gasteiger partial charge is 0.475 e. The summed E-state index contributed by atoms with van der Waals surface area (Å²) in [6, 6.07) is 9.20. The van der Waals surface area contributed by atoms with Crippen molar-refractivity contribution in [1.82, 2.24) is 25.4 Å². The SMILES string of the molecule is Cc1ccc(NC(=O)c2cc(C(F)(F)F)cnn2)cc1-c1cc(OCCO)nc(-c2cn[nH]c2)c1. The highest BCUT2D eigenvalue weighted by molar-refractivity contribution is 6.03. The highest BCUT2D eigenvalue weighted by Gasteiger charge is 2.32. The first-order chi connectivity index (χ1) is 16.7. The maximum absolute atomic E-state index is 13.0. The Balaban J connectivity index is 1.67. The number of hydrogen-bond donors (Lipinski definition) is 3. The van der Waals surface area contributed by atoms with E-state index in [2.05, 4.69) is 30.7 Å². The van der Waals surface area contributed by atoms with Gasteiger partial charge in [0, 0.05) is 23.5 Å². The van der Waals surface area contributed by atoms with Crippen molar-refractivity contribution in [3.63, 3.8) is 0 Å². The number of ether oxygens (including phenoxy) is 1. The van der Waals surface area contributed by atoms with Crippen LogP contribution in [0.2, 0.25) is 0 Å². The summed E-state index contributed by atoms with van der Waals surface area (Å²) in [6.07, 6.45) is -0.826. The number of benzene rings is 1. The van der Waals surface area contributed by atoms with Gasteiger partial charge in [-0.2, -0.15) is 23.4 Å². The Morgan fingerprint density at radius 1 is 1.14 bits per heavy atom. The van der Waals surface area contributed by atoms with Crippen LogP contribution in [-0.4, -0.2) is 49.6 Å². The minimum Gasteiger partial charge on any atom is -0.475 e. The Morgan fingerprint density at radius 3 is 2.69 bits per heavy atom. The zero-order chi connectivity index (χ0) is 25.0. The number of aromatic amines is 1. The Labute approximate surface area is 197 Å². The molecule has 0 saturated carbocycles. The molecule has 0 spiro atoms. The molecule has 0 aliphatic carbocycles. The van der Waals surface area contributed by atoms with E-state index in [1.54, 1.807) is 36.7 Å². The molecule has 3 N–H and O–H groups in total. The van der Waals surface area contributed by atoms with E-state index in [1.807, 2.05) is 13.0 Å². The number of nitrogens with one attached hydrogen (secondary N) is 2. The second-order valence-corrected chi connectivity index (χ2v) is 7.45. The number of aromatic nitrogens is 5. The van der Waals surface area contributed by atoms with Crippen molar-refractivity contribution >= 4 is 11.6 Å². The molecule has 0 saturated heterocycles. The van der Waals surface area contributed by atoms with Crippen LogP contribution in [0.5, 0.6) is 5.88 Å². The van der Waals surface area contributed by atoms with Crippen LogP contribution >= 0.6 is 0 Å².